The van der Waals surface area contributed by atoms with Crippen molar-refractivity contribution in [2.24, 2.45) is 0 Å². The van der Waals surface area contributed by atoms with E-state index in [2.05, 4.69) is 34.5 Å². The van der Waals surface area contributed by atoms with E-state index in [4.69, 9.17) is 0 Å². The van der Waals surface area contributed by atoms with Crippen LogP contribution in [0.4, 0.5) is 0 Å². The molecule has 0 atom stereocenters. The van der Waals surface area contributed by atoms with Crippen LogP contribution in [-0.4, -0.2) is 11.4 Å². The van der Waals surface area contributed by atoms with Crippen molar-refractivity contribution in [2.45, 2.75) is 38.6 Å². The number of carbonyl (C=O) groups excluding carboxylic acids is 1. The van der Waals surface area contributed by atoms with Gasteiger partial charge in [0.2, 0.25) is 5.91 Å². The molecule has 0 aromatic rings. The molecule has 1 fully saturated rings. The minimum atomic E-state index is -0.289. The zero-order chi connectivity index (χ0) is 10.4. The lowest BCUT2D eigenvalue weighted by Crippen LogP contribution is -2.43. The zero-order valence-corrected chi connectivity index (χ0v) is 8.53. The van der Waals surface area contributed by atoms with Gasteiger partial charge in [0, 0.05) is 19.3 Å². The average molecular weight is 190 g/mol. The lowest BCUT2D eigenvalue weighted by molar-refractivity contribution is -0.119. The van der Waals surface area contributed by atoms with E-state index >= 15 is 0 Å². The third kappa shape index (κ3) is 2.52. The van der Waals surface area contributed by atoms with Gasteiger partial charge in [-0.25, -0.2) is 5.43 Å². The molecule has 74 valence electrons. The lowest BCUT2D eigenvalue weighted by atomic mass is 9.90. The number of hydrogen-bond donors (Lipinski definition) is 2. The number of nitrogens with one attached hydrogen (secondary N) is 2. The van der Waals surface area contributed by atoms with Crippen LogP contribution >= 0.6 is 0 Å². The van der Waals surface area contributed by atoms with E-state index in [0.29, 0.717) is 19.3 Å². The third-order valence-electron chi connectivity index (χ3n) is 2.17. The molecule has 0 spiro atoms. The van der Waals surface area contributed by atoms with E-state index in [-0.39, 0.29) is 11.4 Å². The van der Waals surface area contributed by atoms with Gasteiger partial charge in [-0.05, 0) is 13.8 Å². The summed E-state index contributed by atoms with van der Waals surface area (Å²) < 4.78 is 0. The summed E-state index contributed by atoms with van der Waals surface area (Å²) in [4.78, 5) is 11.1. The largest absolute Gasteiger partial charge is 0.291 e. The van der Waals surface area contributed by atoms with E-state index in [1.807, 2.05) is 0 Å². The van der Waals surface area contributed by atoms with Gasteiger partial charge >= 0.3 is 0 Å². The van der Waals surface area contributed by atoms with Crippen molar-refractivity contribution in [2.75, 3.05) is 0 Å². The molecular weight excluding hydrogens is 176 g/mol. The van der Waals surface area contributed by atoms with E-state index in [0.717, 1.165) is 0 Å². The third-order valence-corrected chi connectivity index (χ3v) is 2.17. The molecule has 0 aromatic heterocycles. The van der Waals surface area contributed by atoms with Crippen molar-refractivity contribution in [1.82, 2.24) is 10.9 Å². The van der Waals surface area contributed by atoms with Gasteiger partial charge in [-0.2, -0.15) is 0 Å². The highest BCUT2D eigenvalue weighted by atomic mass is 16.2. The van der Waals surface area contributed by atoms with Gasteiger partial charge in [-0.3, -0.25) is 10.2 Å². The molecule has 0 aromatic carbocycles. The van der Waals surface area contributed by atoms with Crippen LogP contribution < -0.4 is 10.9 Å². The first-order chi connectivity index (χ1) is 6.72. The Balaban J connectivity index is 2.70. The van der Waals surface area contributed by atoms with Gasteiger partial charge in [0.05, 0.1) is 5.54 Å². The number of hydrogen-bond acceptors (Lipinski definition) is 2. The van der Waals surface area contributed by atoms with Gasteiger partial charge in [0.15, 0.2) is 0 Å². The molecule has 0 aliphatic carbocycles. The first-order valence-electron chi connectivity index (χ1n) is 4.58. The van der Waals surface area contributed by atoms with Crippen LogP contribution in [0.25, 0.3) is 0 Å². The Hall–Kier alpha value is -1.45. The summed E-state index contributed by atoms with van der Waals surface area (Å²) in [6.45, 7) is 3.59. The first-order valence-corrected chi connectivity index (χ1v) is 4.58. The van der Waals surface area contributed by atoms with Gasteiger partial charge in [-0.15, -0.1) is 23.7 Å². The number of amides is 1. The Morgan fingerprint density at radius 1 is 1.29 bits per heavy atom. The van der Waals surface area contributed by atoms with Crippen LogP contribution in [0.1, 0.15) is 33.1 Å². The smallest absolute Gasteiger partial charge is 0.236 e. The van der Waals surface area contributed by atoms with Crippen molar-refractivity contribution in [3.05, 3.63) is 0 Å². The molecule has 14 heavy (non-hydrogen) atoms. The molecule has 1 aliphatic rings. The summed E-state index contributed by atoms with van der Waals surface area (Å²) in [7, 11) is 0. The van der Waals surface area contributed by atoms with Crippen LogP contribution in [0.5, 0.6) is 0 Å². The Morgan fingerprint density at radius 2 is 1.86 bits per heavy atom. The minimum absolute atomic E-state index is 0.0146. The second-order valence-corrected chi connectivity index (χ2v) is 3.34. The molecule has 0 bridgehead atoms. The molecule has 1 amide bonds. The molecule has 1 saturated heterocycles. The van der Waals surface area contributed by atoms with Crippen molar-refractivity contribution < 1.29 is 4.79 Å². The Kier molecular flexibility index (Phi) is 3.56. The summed E-state index contributed by atoms with van der Waals surface area (Å²) >= 11 is 0. The second kappa shape index (κ2) is 4.69. The fourth-order valence-corrected chi connectivity index (χ4v) is 1.39. The Bertz CT molecular complexity index is 316. The van der Waals surface area contributed by atoms with E-state index < -0.39 is 0 Å². The summed E-state index contributed by atoms with van der Waals surface area (Å²) in [5, 5.41) is 0. The van der Waals surface area contributed by atoms with E-state index in [1.54, 1.807) is 13.8 Å². The maximum atomic E-state index is 11.1. The van der Waals surface area contributed by atoms with Gasteiger partial charge in [-0.1, -0.05) is 0 Å². The summed E-state index contributed by atoms with van der Waals surface area (Å²) in [6, 6.07) is 0. The van der Waals surface area contributed by atoms with Crippen LogP contribution in [0.3, 0.4) is 0 Å². The molecular formula is C11H14N2O. The van der Waals surface area contributed by atoms with Crippen LogP contribution in [-0.2, 0) is 4.79 Å². The van der Waals surface area contributed by atoms with E-state index in [9.17, 15) is 4.79 Å². The highest BCUT2D eigenvalue weighted by molar-refractivity contribution is 5.79. The van der Waals surface area contributed by atoms with E-state index in [1.165, 1.54) is 0 Å². The molecule has 0 saturated carbocycles. The highest BCUT2D eigenvalue weighted by Crippen LogP contribution is 2.22. The highest BCUT2D eigenvalue weighted by Gasteiger charge is 2.36. The molecule has 1 aliphatic heterocycles. The summed E-state index contributed by atoms with van der Waals surface area (Å²) in [5.41, 5.74) is 5.30. The van der Waals surface area contributed by atoms with Gasteiger partial charge in [0.25, 0.3) is 0 Å². The van der Waals surface area contributed by atoms with Crippen LogP contribution in [0.15, 0.2) is 0 Å². The summed E-state index contributed by atoms with van der Waals surface area (Å²) in [6.07, 6.45) is 1.75. The average Bonchev–Trinajstić information content (AvgIpc) is 2.55. The Morgan fingerprint density at radius 3 is 2.21 bits per heavy atom. The van der Waals surface area contributed by atoms with Crippen LogP contribution in [0.2, 0.25) is 0 Å². The standard InChI is InChI=1S/C11H14N2O/c1-3-5-7-11(8-6-4-2)9-10(14)12-13-11/h13H,7-9H2,1-2H3,(H,12,14). The first kappa shape index (κ1) is 10.6. The molecule has 1 heterocycles. The maximum Gasteiger partial charge on any atom is 0.236 e. The second-order valence-electron chi connectivity index (χ2n) is 3.34. The fourth-order valence-electron chi connectivity index (χ4n) is 1.39. The van der Waals surface area contributed by atoms with Crippen molar-refractivity contribution in [3.63, 3.8) is 0 Å². The molecule has 0 radical (unpaired) electrons. The molecule has 1 rings (SSSR count). The van der Waals surface area contributed by atoms with Gasteiger partial charge in [0.1, 0.15) is 0 Å². The molecule has 0 unspecified atom stereocenters. The maximum absolute atomic E-state index is 11.1. The summed E-state index contributed by atoms with van der Waals surface area (Å²) in [5.74, 6) is 11.7. The Labute approximate surface area is 84.6 Å². The number of rotatable bonds is 2. The van der Waals surface area contributed by atoms with Crippen molar-refractivity contribution >= 4 is 5.91 Å². The van der Waals surface area contributed by atoms with Crippen molar-refractivity contribution in [3.8, 4) is 23.7 Å². The zero-order valence-electron chi connectivity index (χ0n) is 8.53. The van der Waals surface area contributed by atoms with Crippen molar-refractivity contribution in [1.29, 1.82) is 0 Å². The predicted octanol–water partition coefficient (Wildman–Crippen LogP) is 0.576. The number of hydrazine groups is 1. The normalized spacial score (nSPS) is 17.4. The quantitative estimate of drug-likeness (QED) is 0.625. The van der Waals surface area contributed by atoms with Crippen LogP contribution in [0, 0.1) is 23.7 Å². The molecule has 2 N–H and O–H groups in total. The SMILES string of the molecule is CC#CCC1(CC#CC)CC(=O)NN1. The minimum Gasteiger partial charge on any atom is -0.291 e. The number of carbonyl (C=O) groups is 1. The monoisotopic (exact) mass is 190 g/mol. The predicted molar refractivity (Wildman–Crippen MR) is 54.8 cm³/mol. The topological polar surface area (TPSA) is 41.1 Å². The fraction of sp³-hybridized carbons (Fsp3) is 0.545. The van der Waals surface area contributed by atoms with Gasteiger partial charge < -0.3 is 0 Å². The lowest BCUT2D eigenvalue weighted by Gasteiger charge is -2.22. The molecule has 3 heteroatoms. The molecule has 3 nitrogen and oxygen atoms in total.